The van der Waals surface area contributed by atoms with E-state index in [4.69, 9.17) is 0 Å². The van der Waals surface area contributed by atoms with Crippen molar-refractivity contribution in [2.75, 3.05) is 0 Å². The molecule has 1 unspecified atom stereocenters. The first kappa shape index (κ1) is 10.8. The molecule has 0 radical (unpaired) electrons. The lowest BCUT2D eigenvalue weighted by Crippen LogP contribution is -2.24. The summed E-state index contributed by atoms with van der Waals surface area (Å²) < 4.78 is 22.7. The third-order valence-corrected chi connectivity index (χ3v) is 4.94. The van der Waals surface area contributed by atoms with Gasteiger partial charge in [-0.25, -0.2) is 8.78 Å². The van der Waals surface area contributed by atoms with Crippen LogP contribution in [0.2, 0.25) is 0 Å². The SMILES string of the molecule is FC(F)C(Br)C(Br)(Br)Br. The van der Waals surface area contributed by atoms with Gasteiger partial charge < -0.3 is 0 Å². The summed E-state index contributed by atoms with van der Waals surface area (Å²) in [6.07, 6.45) is -2.41. The Kier molecular flexibility index (Phi) is 4.76. The van der Waals surface area contributed by atoms with Crippen molar-refractivity contribution in [2.24, 2.45) is 0 Å². The van der Waals surface area contributed by atoms with Crippen LogP contribution < -0.4 is 0 Å². The van der Waals surface area contributed by atoms with Crippen LogP contribution in [0.3, 0.4) is 0 Å². The molecule has 0 spiro atoms. The zero-order valence-corrected chi connectivity index (χ0v) is 10.3. The van der Waals surface area contributed by atoms with Crippen LogP contribution in [0.1, 0.15) is 0 Å². The van der Waals surface area contributed by atoms with Crippen molar-refractivity contribution < 1.29 is 8.78 Å². The van der Waals surface area contributed by atoms with Crippen LogP contribution in [0.4, 0.5) is 8.78 Å². The summed E-state index contributed by atoms with van der Waals surface area (Å²) in [5, 5.41) is 0. The van der Waals surface area contributed by atoms with E-state index in [0.717, 1.165) is 0 Å². The topological polar surface area (TPSA) is 0 Å². The Morgan fingerprint density at radius 1 is 1.11 bits per heavy atom. The van der Waals surface area contributed by atoms with Crippen molar-refractivity contribution in [3.05, 3.63) is 0 Å². The van der Waals surface area contributed by atoms with Crippen LogP contribution in [0.15, 0.2) is 0 Å². The molecule has 9 heavy (non-hydrogen) atoms. The van der Waals surface area contributed by atoms with Crippen molar-refractivity contribution in [1.82, 2.24) is 0 Å². The molecule has 0 nitrogen and oxygen atoms in total. The van der Waals surface area contributed by atoms with Gasteiger partial charge in [0.1, 0.15) is 4.83 Å². The summed E-state index contributed by atoms with van der Waals surface area (Å²) in [7, 11) is 0. The Morgan fingerprint density at radius 3 is 1.44 bits per heavy atom. The minimum absolute atomic E-state index is 0.916. The van der Waals surface area contributed by atoms with Crippen molar-refractivity contribution in [3.63, 3.8) is 0 Å². The second kappa shape index (κ2) is 3.97. The monoisotopic (exact) mass is 392 g/mol. The lowest BCUT2D eigenvalue weighted by Gasteiger charge is -2.17. The van der Waals surface area contributed by atoms with E-state index < -0.39 is 13.4 Å². The summed E-state index contributed by atoms with van der Waals surface area (Å²) in [5.41, 5.74) is 0. The van der Waals surface area contributed by atoms with Gasteiger partial charge in [0.25, 0.3) is 6.43 Å². The van der Waals surface area contributed by atoms with Crippen LogP contribution in [-0.2, 0) is 0 Å². The Balaban J connectivity index is 3.88. The fraction of sp³-hybridized carbons (Fsp3) is 1.00. The molecule has 0 saturated carbocycles. The Morgan fingerprint density at radius 2 is 1.44 bits per heavy atom. The lowest BCUT2D eigenvalue weighted by atomic mass is 10.5. The van der Waals surface area contributed by atoms with E-state index in [2.05, 4.69) is 63.7 Å². The maximum Gasteiger partial charge on any atom is 0.254 e. The fourth-order valence-corrected chi connectivity index (χ4v) is 0.742. The molecule has 0 rings (SSSR count). The molecule has 0 aromatic heterocycles. The summed E-state index contributed by atoms with van der Waals surface area (Å²) in [5.74, 6) is 0. The van der Waals surface area contributed by atoms with Gasteiger partial charge in [0.15, 0.2) is 2.14 Å². The maximum absolute atomic E-state index is 11.8. The highest BCUT2D eigenvalue weighted by molar-refractivity contribution is 9.40. The molecule has 0 aliphatic carbocycles. The lowest BCUT2D eigenvalue weighted by molar-refractivity contribution is 0.151. The van der Waals surface area contributed by atoms with Crippen LogP contribution >= 0.6 is 63.7 Å². The number of halogens is 6. The number of hydrogen-bond donors (Lipinski definition) is 0. The van der Waals surface area contributed by atoms with Crippen LogP contribution in [0.25, 0.3) is 0 Å². The van der Waals surface area contributed by atoms with E-state index >= 15 is 0 Å². The third-order valence-electron chi connectivity index (χ3n) is 0.534. The molecule has 0 aliphatic rings. The molecular weight excluding hydrogens is 394 g/mol. The highest BCUT2D eigenvalue weighted by atomic mass is 80.0. The second-order valence-electron chi connectivity index (χ2n) is 1.28. The molecule has 0 amide bonds. The zero-order valence-electron chi connectivity index (χ0n) is 3.92. The maximum atomic E-state index is 11.8. The minimum atomic E-state index is -2.41. The van der Waals surface area contributed by atoms with E-state index in [1.807, 2.05) is 0 Å². The first-order chi connectivity index (χ1) is 3.85. The summed E-state index contributed by atoms with van der Waals surface area (Å²) in [4.78, 5) is -0.954. The Labute approximate surface area is 85.3 Å². The van der Waals surface area contributed by atoms with E-state index in [0.29, 0.717) is 0 Å². The average Bonchev–Trinajstić information content (AvgIpc) is 1.62. The number of hydrogen-bond acceptors (Lipinski definition) is 0. The third kappa shape index (κ3) is 4.27. The van der Waals surface area contributed by atoms with Gasteiger partial charge in [0.2, 0.25) is 0 Å². The predicted octanol–water partition coefficient (Wildman–Crippen LogP) is 3.85. The molecule has 0 N–H and O–H groups in total. The van der Waals surface area contributed by atoms with E-state index in [9.17, 15) is 8.78 Å². The molecule has 0 aromatic rings. The highest BCUT2D eigenvalue weighted by Crippen LogP contribution is 2.43. The van der Waals surface area contributed by atoms with Crippen molar-refractivity contribution in [2.45, 2.75) is 13.4 Å². The van der Waals surface area contributed by atoms with Gasteiger partial charge in [-0.2, -0.15) is 0 Å². The van der Waals surface area contributed by atoms with Crippen LogP contribution in [0, 0.1) is 0 Å². The van der Waals surface area contributed by atoms with E-state index in [1.165, 1.54) is 0 Å². The standard InChI is InChI=1S/C3H2Br4F2/c4-1(2(8)9)3(5,6)7/h1-2H. The second-order valence-corrected chi connectivity index (χ2v) is 9.21. The molecule has 0 bridgehead atoms. The minimum Gasteiger partial charge on any atom is -0.209 e. The van der Waals surface area contributed by atoms with Crippen LogP contribution in [-0.4, -0.2) is 13.4 Å². The molecule has 0 fully saturated rings. The molecule has 0 heterocycles. The molecule has 56 valence electrons. The summed E-state index contributed by atoms with van der Waals surface area (Å²) in [6.45, 7) is 0. The largest absolute Gasteiger partial charge is 0.254 e. The fourth-order valence-electron chi connectivity index (χ4n) is 0.143. The van der Waals surface area contributed by atoms with Gasteiger partial charge >= 0.3 is 0 Å². The van der Waals surface area contributed by atoms with Gasteiger partial charge in [-0.3, -0.25) is 0 Å². The normalized spacial score (nSPS) is 16.3. The van der Waals surface area contributed by atoms with Gasteiger partial charge in [0.05, 0.1) is 0 Å². The van der Waals surface area contributed by atoms with Crippen LogP contribution in [0.5, 0.6) is 0 Å². The van der Waals surface area contributed by atoms with Crippen molar-refractivity contribution >= 4 is 63.7 Å². The van der Waals surface area contributed by atoms with E-state index in [1.54, 1.807) is 0 Å². The average molecular weight is 396 g/mol. The summed E-state index contributed by atoms with van der Waals surface area (Å²) in [6, 6.07) is 0. The van der Waals surface area contributed by atoms with Gasteiger partial charge in [-0.15, -0.1) is 0 Å². The highest BCUT2D eigenvalue weighted by Gasteiger charge is 2.35. The van der Waals surface area contributed by atoms with E-state index in [-0.39, 0.29) is 0 Å². The van der Waals surface area contributed by atoms with Crippen molar-refractivity contribution in [1.29, 1.82) is 0 Å². The first-order valence-corrected chi connectivity index (χ1v) is 5.14. The Bertz CT molecular complexity index is 88.3. The van der Waals surface area contributed by atoms with Gasteiger partial charge in [0, 0.05) is 0 Å². The first-order valence-electron chi connectivity index (χ1n) is 1.84. The molecule has 6 heteroatoms. The molecule has 0 aliphatic heterocycles. The van der Waals surface area contributed by atoms with Gasteiger partial charge in [-0.05, 0) is 0 Å². The molecular formula is C3H2Br4F2. The number of rotatable bonds is 1. The van der Waals surface area contributed by atoms with Crippen molar-refractivity contribution in [3.8, 4) is 0 Å². The molecule has 0 aromatic carbocycles. The quantitative estimate of drug-likeness (QED) is 0.592. The smallest absolute Gasteiger partial charge is 0.209 e. The van der Waals surface area contributed by atoms with Gasteiger partial charge in [-0.1, -0.05) is 63.7 Å². The summed E-state index contributed by atoms with van der Waals surface area (Å²) >= 11 is 11.6. The predicted molar refractivity (Wildman–Crippen MR) is 48.2 cm³/mol. The Hall–Kier alpha value is 1.78. The molecule has 0 saturated heterocycles. The number of alkyl halides is 6. The zero-order chi connectivity index (χ0) is 7.65. The molecule has 1 atom stereocenters.